The molecule has 5 nitrogen and oxygen atoms in total. The van der Waals surface area contributed by atoms with Crippen molar-refractivity contribution in [3.63, 3.8) is 0 Å². The molecule has 0 unspecified atom stereocenters. The first-order valence-corrected chi connectivity index (χ1v) is 10.6. The summed E-state index contributed by atoms with van der Waals surface area (Å²) in [5, 5.41) is 0. The number of halogens is 6. The van der Waals surface area contributed by atoms with Crippen molar-refractivity contribution in [3.05, 3.63) is 70.8 Å². The normalized spacial score (nSPS) is 14.6. The van der Waals surface area contributed by atoms with Gasteiger partial charge in [-0.1, -0.05) is 37.3 Å². The number of ether oxygens (including phenoxy) is 1. The van der Waals surface area contributed by atoms with Crippen molar-refractivity contribution in [1.29, 1.82) is 0 Å². The SMILES string of the molecule is C[C@H](C(=O)OCc1ccccc1)[C@H](CS(=O)(=O)O)c1cc(C(F)(F)F)cc(C(F)(F)F)c1. The lowest BCUT2D eigenvalue weighted by Gasteiger charge is -2.24. The van der Waals surface area contributed by atoms with Crippen LogP contribution >= 0.6 is 0 Å². The number of esters is 1. The van der Waals surface area contributed by atoms with Crippen molar-refractivity contribution in [2.24, 2.45) is 5.92 Å². The van der Waals surface area contributed by atoms with E-state index in [2.05, 4.69) is 0 Å². The molecule has 0 saturated carbocycles. The second kappa shape index (κ2) is 9.49. The van der Waals surface area contributed by atoms with Crippen LogP contribution in [0.2, 0.25) is 0 Å². The van der Waals surface area contributed by atoms with E-state index in [1.165, 1.54) is 0 Å². The van der Waals surface area contributed by atoms with Crippen LogP contribution in [-0.2, 0) is 38.6 Å². The van der Waals surface area contributed by atoms with Crippen LogP contribution in [0.5, 0.6) is 0 Å². The zero-order valence-electron chi connectivity index (χ0n) is 16.4. The van der Waals surface area contributed by atoms with E-state index in [1.807, 2.05) is 0 Å². The molecular formula is C20H18F6O5S. The third-order valence-corrected chi connectivity index (χ3v) is 5.41. The van der Waals surface area contributed by atoms with E-state index in [0.717, 1.165) is 6.92 Å². The van der Waals surface area contributed by atoms with Crippen molar-refractivity contribution >= 4 is 16.1 Å². The first-order valence-electron chi connectivity index (χ1n) is 9.03. The van der Waals surface area contributed by atoms with Crippen LogP contribution in [0.4, 0.5) is 26.3 Å². The number of benzene rings is 2. The number of carbonyl (C=O) groups is 1. The molecule has 0 aromatic heterocycles. The van der Waals surface area contributed by atoms with E-state index < -0.39 is 62.7 Å². The molecule has 1 N–H and O–H groups in total. The molecule has 2 aromatic rings. The van der Waals surface area contributed by atoms with Crippen LogP contribution in [0.25, 0.3) is 0 Å². The van der Waals surface area contributed by atoms with Gasteiger partial charge in [-0.2, -0.15) is 34.8 Å². The van der Waals surface area contributed by atoms with Gasteiger partial charge in [0, 0.05) is 5.92 Å². The van der Waals surface area contributed by atoms with Gasteiger partial charge in [0.15, 0.2) is 0 Å². The van der Waals surface area contributed by atoms with Crippen LogP contribution in [0.1, 0.15) is 35.1 Å². The van der Waals surface area contributed by atoms with Crippen molar-refractivity contribution < 1.29 is 48.8 Å². The molecule has 0 fully saturated rings. The maximum atomic E-state index is 13.2. The van der Waals surface area contributed by atoms with Gasteiger partial charge in [-0.05, 0) is 29.3 Å². The van der Waals surface area contributed by atoms with E-state index in [1.54, 1.807) is 30.3 Å². The molecule has 0 aliphatic carbocycles. The highest BCUT2D eigenvalue weighted by molar-refractivity contribution is 7.85. The summed E-state index contributed by atoms with van der Waals surface area (Å²) in [6.07, 6.45) is -10.3. The van der Waals surface area contributed by atoms with Crippen molar-refractivity contribution in [3.8, 4) is 0 Å². The molecule has 12 heteroatoms. The smallest absolute Gasteiger partial charge is 0.416 e. The Hall–Kier alpha value is -2.60. The minimum atomic E-state index is -5.17. The Morgan fingerprint density at radius 1 is 0.969 bits per heavy atom. The molecule has 0 aliphatic rings. The van der Waals surface area contributed by atoms with E-state index in [4.69, 9.17) is 4.74 Å². The fraction of sp³-hybridized carbons (Fsp3) is 0.350. The molecule has 2 aromatic carbocycles. The van der Waals surface area contributed by atoms with E-state index >= 15 is 0 Å². The summed E-state index contributed by atoms with van der Waals surface area (Å²) >= 11 is 0. The largest absolute Gasteiger partial charge is 0.461 e. The second-order valence-electron chi connectivity index (χ2n) is 7.08. The lowest BCUT2D eigenvalue weighted by Crippen LogP contribution is -2.28. The van der Waals surface area contributed by atoms with Gasteiger partial charge in [0.25, 0.3) is 10.1 Å². The van der Waals surface area contributed by atoms with E-state index in [-0.39, 0.29) is 12.7 Å². The fourth-order valence-electron chi connectivity index (χ4n) is 2.97. The van der Waals surface area contributed by atoms with Gasteiger partial charge in [0.05, 0.1) is 22.8 Å². The highest BCUT2D eigenvalue weighted by atomic mass is 32.2. The Kier molecular flexibility index (Phi) is 7.61. The molecule has 0 heterocycles. The highest BCUT2D eigenvalue weighted by Gasteiger charge is 2.39. The maximum Gasteiger partial charge on any atom is 0.416 e. The third-order valence-electron chi connectivity index (χ3n) is 4.63. The standard InChI is InChI=1S/C20H18F6O5S/c1-12(18(27)31-10-13-5-3-2-4-6-13)17(11-32(28,29)30)14-7-15(19(21,22)23)9-16(8-14)20(24,25)26/h2-9,12,17H,10-11H2,1H3,(H,28,29,30)/t12-,17-/m0/s1. The van der Waals surface area contributed by atoms with Gasteiger partial charge in [-0.3, -0.25) is 9.35 Å². The lowest BCUT2D eigenvalue weighted by molar-refractivity contribution is -0.149. The lowest BCUT2D eigenvalue weighted by atomic mass is 9.86. The van der Waals surface area contributed by atoms with Crippen molar-refractivity contribution in [1.82, 2.24) is 0 Å². The summed E-state index contributed by atoms with van der Waals surface area (Å²) in [6, 6.07) is 8.74. The van der Waals surface area contributed by atoms with Gasteiger partial charge < -0.3 is 4.74 Å². The zero-order chi connectivity index (χ0) is 24.3. The Morgan fingerprint density at radius 3 is 1.91 bits per heavy atom. The Labute approximate surface area is 179 Å². The Balaban J connectivity index is 2.46. The number of rotatable bonds is 7. The molecule has 0 saturated heterocycles. The summed E-state index contributed by atoms with van der Waals surface area (Å²) < 4.78 is 116. The Bertz CT molecular complexity index is 1020. The number of hydrogen-bond donors (Lipinski definition) is 1. The monoisotopic (exact) mass is 484 g/mol. The molecule has 0 amide bonds. The number of hydrogen-bond acceptors (Lipinski definition) is 4. The van der Waals surface area contributed by atoms with Crippen LogP contribution in [0.15, 0.2) is 48.5 Å². The molecule has 0 bridgehead atoms. The van der Waals surface area contributed by atoms with Crippen molar-refractivity contribution in [2.45, 2.75) is 31.8 Å². The van der Waals surface area contributed by atoms with E-state index in [9.17, 15) is 44.1 Å². The van der Waals surface area contributed by atoms with Gasteiger partial charge in [0.2, 0.25) is 0 Å². The van der Waals surface area contributed by atoms with Gasteiger partial charge in [-0.25, -0.2) is 0 Å². The molecule has 176 valence electrons. The first kappa shape index (κ1) is 25.7. The Morgan fingerprint density at radius 2 is 1.47 bits per heavy atom. The van der Waals surface area contributed by atoms with Crippen molar-refractivity contribution in [2.75, 3.05) is 5.75 Å². The molecule has 2 rings (SSSR count). The summed E-state index contributed by atoms with van der Waals surface area (Å²) in [6.45, 7) is 0.843. The molecule has 2 atom stereocenters. The van der Waals surface area contributed by atoms with Crippen LogP contribution in [0, 0.1) is 5.92 Å². The van der Waals surface area contributed by atoms with Gasteiger partial charge in [-0.15, -0.1) is 0 Å². The average Bonchev–Trinajstić information content (AvgIpc) is 2.68. The molecule has 0 radical (unpaired) electrons. The number of carbonyl (C=O) groups excluding carboxylic acids is 1. The van der Waals surface area contributed by atoms with E-state index in [0.29, 0.717) is 17.7 Å². The molecule has 32 heavy (non-hydrogen) atoms. The topological polar surface area (TPSA) is 80.7 Å². The predicted octanol–water partition coefficient (Wildman–Crippen LogP) is 5.08. The minimum absolute atomic E-state index is 0.119. The fourth-order valence-corrected chi connectivity index (χ4v) is 3.91. The van der Waals surface area contributed by atoms with Gasteiger partial charge >= 0.3 is 18.3 Å². The zero-order valence-corrected chi connectivity index (χ0v) is 17.3. The van der Waals surface area contributed by atoms with Crippen LogP contribution in [-0.4, -0.2) is 24.7 Å². The van der Waals surface area contributed by atoms with Crippen LogP contribution in [0.3, 0.4) is 0 Å². The highest BCUT2D eigenvalue weighted by Crippen LogP contribution is 2.39. The summed E-state index contributed by atoms with van der Waals surface area (Å²) in [7, 11) is -4.88. The molecule has 0 spiro atoms. The van der Waals surface area contributed by atoms with Crippen LogP contribution < -0.4 is 0 Å². The molecular weight excluding hydrogens is 466 g/mol. The quantitative estimate of drug-likeness (QED) is 0.337. The third kappa shape index (κ3) is 7.23. The number of alkyl halides is 6. The average molecular weight is 484 g/mol. The predicted molar refractivity (Wildman–Crippen MR) is 101 cm³/mol. The second-order valence-corrected chi connectivity index (χ2v) is 8.57. The molecule has 0 aliphatic heterocycles. The first-order chi connectivity index (χ1) is 14.6. The maximum absolute atomic E-state index is 13.2. The summed E-state index contributed by atoms with van der Waals surface area (Å²) in [5.74, 6) is -5.58. The summed E-state index contributed by atoms with van der Waals surface area (Å²) in [5.41, 5.74) is -3.52. The minimum Gasteiger partial charge on any atom is -0.461 e. The summed E-state index contributed by atoms with van der Waals surface area (Å²) in [4.78, 5) is 12.4. The van der Waals surface area contributed by atoms with Gasteiger partial charge in [0.1, 0.15) is 6.61 Å².